The lowest BCUT2D eigenvalue weighted by molar-refractivity contribution is -0.146. The maximum Gasteiger partial charge on any atom is 0.408 e. The number of carbonyl (C=O) groups excluding carboxylic acids is 4. The minimum atomic E-state index is -1.33. The molecule has 0 spiro atoms. The summed E-state index contributed by atoms with van der Waals surface area (Å²) in [5.74, 6) is -1.19. The molecule has 0 aromatic heterocycles. The van der Waals surface area contributed by atoms with Crippen LogP contribution >= 0.6 is 0 Å². The molecule has 1 rings (SSSR count). The molecule has 0 saturated heterocycles. The fourth-order valence-corrected chi connectivity index (χ4v) is 4.02. The maximum absolute atomic E-state index is 14.0. The van der Waals surface area contributed by atoms with Gasteiger partial charge in [0.05, 0.1) is 19.6 Å². The summed E-state index contributed by atoms with van der Waals surface area (Å²) in [7, 11) is 0. The summed E-state index contributed by atoms with van der Waals surface area (Å²) >= 11 is 0. The van der Waals surface area contributed by atoms with Crippen LogP contribution in [0.4, 0.5) is 4.79 Å². The first-order valence-corrected chi connectivity index (χ1v) is 13.6. The first kappa shape index (κ1) is 33.9. The molecule has 1 aromatic carbocycles. The second-order valence-corrected chi connectivity index (χ2v) is 11.1. The van der Waals surface area contributed by atoms with Gasteiger partial charge in [-0.1, -0.05) is 43.7 Å². The number of amides is 3. The number of alkyl carbamates (subject to hydrolysis) is 1. The van der Waals surface area contributed by atoms with Gasteiger partial charge in [0.25, 0.3) is 0 Å². The molecule has 0 aliphatic rings. The van der Waals surface area contributed by atoms with Gasteiger partial charge in [-0.3, -0.25) is 14.4 Å². The lowest BCUT2D eigenvalue weighted by Crippen LogP contribution is -2.56. The standard InChI is InChI=1S/C29H47N3O7/c1-9-38-24(34)15-16-30-26(35)25(22-12-10-11-20(4)17-22)32(21(5)14-13-19(2)3)27(36)23(18-33)31-28(37)39-29(6,7)8/h10-12,17,19,21,23,25,33H,9,13-16,18H2,1-8H3,(H,30,35)(H,31,37). The largest absolute Gasteiger partial charge is 0.466 e. The second kappa shape index (κ2) is 16.1. The van der Waals surface area contributed by atoms with E-state index in [4.69, 9.17) is 9.47 Å². The maximum atomic E-state index is 14.0. The number of hydrogen-bond acceptors (Lipinski definition) is 7. The van der Waals surface area contributed by atoms with Gasteiger partial charge in [0.2, 0.25) is 11.8 Å². The van der Waals surface area contributed by atoms with Crippen molar-refractivity contribution in [3.05, 3.63) is 35.4 Å². The number of nitrogens with one attached hydrogen (secondary N) is 2. The van der Waals surface area contributed by atoms with Crippen molar-refractivity contribution in [2.45, 2.75) is 98.4 Å². The zero-order valence-corrected chi connectivity index (χ0v) is 24.7. The smallest absolute Gasteiger partial charge is 0.408 e. The van der Waals surface area contributed by atoms with Gasteiger partial charge in [-0.2, -0.15) is 0 Å². The van der Waals surface area contributed by atoms with Crippen LogP contribution in [0, 0.1) is 12.8 Å². The molecule has 0 saturated carbocycles. The van der Waals surface area contributed by atoms with Gasteiger partial charge >= 0.3 is 12.1 Å². The predicted octanol–water partition coefficient (Wildman–Crippen LogP) is 3.64. The van der Waals surface area contributed by atoms with E-state index in [1.165, 1.54) is 4.90 Å². The molecule has 0 bridgehead atoms. The van der Waals surface area contributed by atoms with Crippen molar-refractivity contribution in [3.8, 4) is 0 Å². The molecular formula is C29H47N3O7. The average Bonchev–Trinajstić information content (AvgIpc) is 2.82. The molecule has 220 valence electrons. The van der Waals surface area contributed by atoms with Gasteiger partial charge in [0, 0.05) is 12.6 Å². The first-order chi connectivity index (χ1) is 18.2. The Morgan fingerprint density at radius 2 is 1.74 bits per heavy atom. The van der Waals surface area contributed by atoms with Gasteiger partial charge < -0.3 is 30.1 Å². The van der Waals surface area contributed by atoms with Crippen LogP contribution in [-0.4, -0.2) is 71.3 Å². The zero-order valence-electron chi connectivity index (χ0n) is 24.7. The van der Waals surface area contributed by atoms with Crippen molar-refractivity contribution < 1.29 is 33.8 Å². The first-order valence-electron chi connectivity index (χ1n) is 13.6. The fraction of sp³-hybridized carbons (Fsp3) is 0.655. The lowest BCUT2D eigenvalue weighted by atomic mass is 9.96. The Bertz CT molecular complexity index is 958. The number of aryl methyl sites for hydroxylation is 1. The summed E-state index contributed by atoms with van der Waals surface area (Å²) in [5.41, 5.74) is 0.660. The van der Waals surface area contributed by atoms with Crippen LogP contribution in [0.3, 0.4) is 0 Å². The number of aliphatic hydroxyl groups is 1. The molecule has 0 radical (unpaired) electrons. The Kier molecular flexibility index (Phi) is 14.0. The van der Waals surface area contributed by atoms with E-state index in [0.717, 1.165) is 12.0 Å². The summed E-state index contributed by atoms with van der Waals surface area (Å²) in [6, 6.07) is 4.43. The Morgan fingerprint density at radius 1 is 1.08 bits per heavy atom. The van der Waals surface area contributed by atoms with Crippen LogP contribution in [-0.2, 0) is 23.9 Å². The third-order valence-electron chi connectivity index (χ3n) is 5.88. The molecule has 3 N–H and O–H groups in total. The van der Waals surface area contributed by atoms with Crippen LogP contribution in [0.15, 0.2) is 24.3 Å². The molecule has 3 unspecified atom stereocenters. The quantitative estimate of drug-likeness (QED) is 0.302. The van der Waals surface area contributed by atoms with E-state index in [1.54, 1.807) is 39.8 Å². The van der Waals surface area contributed by atoms with E-state index >= 15 is 0 Å². The second-order valence-electron chi connectivity index (χ2n) is 11.1. The number of nitrogens with zero attached hydrogens (tertiary/aromatic N) is 1. The van der Waals surface area contributed by atoms with Gasteiger partial charge in [0.15, 0.2) is 0 Å². The van der Waals surface area contributed by atoms with E-state index in [9.17, 15) is 24.3 Å². The highest BCUT2D eigenvalue weighted by molar-refractivity contribution is 5.92. The minimum absolute atomic E-state index is 0.0174. The van der Waals surface area contributed by atoms with Crippen molar-refractivity contribution in [3.63, 3.8) is 0 Å². The molecule has 10 heteroatoms. The molecule has 1 aromatic rings. The highest BCUT2D eigenvalue weighted by atomic mass is 16.6. The number of benzene rings is 1. The summed E-state index contributed by atoms with van der Waals surface area (Å²) in [5, 5.41) is 15.3. The molecule has 0 aliphatic carbocycles. The zero-order chi connectivity index (χ0) is 29.8. The Labute approximate surface area is 232 Å². The number of rotatable bonds is 14. The molecule has 0 fully saturated rings. The molecule has 3 amide bonds. The Balaban J connectivity index is 3.45. The highest BCUT2D eigenvalue weighted by Gasteiger charge is 2.38. The van der Waals surface area contributed by atoms with E-state index in [1.807, 2.05) is 26.0 Å². The number of aliphatic hydroxyl groups excluding tert-OH is 1. The summed E-state index contributed by atoms with van der Waals surface area (Å²) < 4.78 is 10.2. The minimum Gasteiger partial charge on any atom is -0.466 e. The molecule has 0 heterocycles. The highest BCUT2D eigenvalue weighted by Crippen LogP contribution is 2.28. The normalized spacial score (nSPS) is 13.7. The monoisotopic (exact) mass is 549 g/mol. The van der Waals surface area contributed by atoms with Gasteiger partial charge in [0.1, 0.15) is 17.7 Å². The molecule has 39 heavy (non-hydrogen) atoms. The third kappa shape index (κ3) is 12.1. The van der Waals surface area contributed by atoms with E-state index in [0.29, 0.717) is 17.9 Å². The summed E-state index contributed by atoms with van der Waals surface area (Å²) in [6.07, 6.45) is 0.512. The number of hydrogen-bond donors (Lipinski definition) is 3. The molecule has 3 atom stereocenters. The Hall–Kier alpha value is -3.14. The van der Waals surface area contributed by atoms with Crippen molar-refractivity contribution in [2.24, 2.45) is 5.92 Å². The van der Waals surface area contributed by atoms with Crippen LogP contribution in [0.5, 0.6) is 0 Å². The van der Waals surface area contributed by atoms with Crippen molar-refractivity contribution in [1.29, 1.82) is 0 Å². The summed E-state index contributed by atoms with van der Waals surface area (Å²) in [4.78, 5) is 53.4. The van der Waals surface area contributed by atoms with Crippen LogP contribution in [0.25, 0.3) is 0 Å². The number of ether oxygens (including phenoxy) is 2. The van der Waals surface area contributed by atoms with E-state index in [-0.39, 0.29) is 19.6 Å². The van der Waals surface area contributed by atoms with Gasteiger partial charge in [-0.25, -0.2) is 4.79 Å². The molecule has 10 nitrogen and oxygen atoms in total. The van der Waals surface area contributed by atoms with Crippen LogP contribution in [0.1, 0.15) is 84.9 Å². The fourth-order valence-electron chi connectivity index (χ4n) is 4.02. The van der Waals surface area contributed by atoms with Crippen molar-refractivity contribution in [1.82, 2.24) is 15.5 Å². The van der Waals surface area contributed by atoms with Crippen LogP contribution < -0.4 is 10.6 Å². The van der Waals surface area contributed by atoms with Crippen molar-refractivity contribution in [2.75, 3.05) is 19.8 Å². The molecule has 0 aliphatic heterocycles. The summed E-state index contributed by atoms with van der Waals surface area (Å²) in [6.45, 7) is 14.2. The Morgan fingerprint density at radius 3 is 2.28 bits per heavy atom. The van der Waals surface area contributed by atoms with E-state index < -0.39 is 54.2 Å². The topological polar surface area (TPSA) is 134 Å². The average molecular weight is 550 g/mol. The number of carbonyl (C=O) groups is 4. The molecular weight excluding hydrogens is 502 g/mol. The van der Waals surface area contributed by atoms with Gasteiger partial charge in [-0.15, -0.1) is 0 Å². The number of esters is 1. The van der Waals surface area contributed by atoms with E-state index in [2.05, 4.69) is 24.5 Å². The van der Waals surface area contributed by atoms with Crippen molar-refractivity contribution >= 4 is 23.9 Å². The van der Waals surface area contributed by atoms with Gasteiger partial charge in [-0.05, 0) is 65.9 Å². The SMILES string of the molecule is CCOC(=O)CCNC(=O)C(c1cccc(C)c1)N(C(=O)C(CO)NC(=O)OC(C)(C)C)C(C)CCC(C)C. The lowest BCUT2D eigenvalue weighted by Gasteiger charge is -2.38. The van der Waals surface area contributed by atoms with Crippen LogP contribution in [0.2, 0.25) is 0 Å². The third-order valence-corrected chi connectivity index (χ3v) is 5.88. The predicted molar refractivity (Wildman–Crippen MR) is 149 cm³/mol.